The average Bonchev–Trinajstić information content (AvgIpc) is 2.93. The summed E-state index contributed by atoms with van der Waals surface area (Å²) in [5.74, 6) is -1.23. The molecule has 0 atom stereocenters. The molecule has 0 fully saturated rings. The molecular weight excluding hydrogens is 267 g/mol. The van der Waals surface area contributed by atoms with Crippen LogP contribution in [-0.2, 0) is 16.8 Å². The fraction of sp³-hybridized carbons (Fsp3) is 0. The fourth-order valence-electron chi connectivity index (χ4n) is 1.05. The molecule has 0 saturated carbocycles. The quantitative estimate of drug-likeness (QED) is 0.514. The SMILES string of the molecule is OC(O)=C1C=CC=C1.OC(O)=C1C=CC=C1.[Co]. The minimum atomic E-state index is -0.616. The maximum atomic E-state index is 8.38. The molecule has 0 spiro atoms. The van der Waals surface area contributed by atoms with E-state index in [-0.39, 0.29) is 16.8 Å². The summed E-state index contributed by atoms with van der Waals surface area (Å²) in [5.41, 5.74) is 0.926. The van der Waals surface area contributed by atoms with Crippen LogP contribution in [0.25, 0.3) is 0 Å². The fourth-order valence-corrected chi connectivity index (χ4v) is 1.05. The standard InChI is InChI=1S/2C6H6O2.Co/c2*7-6(8)5-3-1-2-4-5;/h2*1-4,7-8H;. The van der Waals surface area contributed by atoms with Gasteiger partial charge in [-0.3, -0.25) is 0 Å². The minimum Gasteiger partial charge on any atom is -0.481 e. The number of hydrogen-bond acceptors (Lipinski definition) is 4. The number of aliphatic hydroxyl groups excluding tert-OH is 2. The van der Waals surface area contributed by atoms with Gasteiger partial charge in [0.1, 0.15) is 0 Å². The van der Waals surface area contributed by atoms with Crippen LogP contribution in [0.5, 0.6) is 0 Å². The summed E-state index contributed by atoms with van der Waals surface area (Å²) in [5, 5.41) is 33.5. The Morgan fingerprint density at radius 3 is 0.941 bits per heavy atom. The predicted molar refractivity (Wildman–Crippen MR) is 61.1 cm³/mol. The Labute approximate surface area is 109 Å². The van der Waals surface area contributed by atoms with Crippen LogP contribution in [0.4, 0.5) is 0 Å². The van der Waals surface area contributed by atoms with E-state index in [4.69, 9.17) is 20.4 Å². The zero-order chi connectivity index (χ0) is 12.0. The van der Waals surface area contributed by atoms with Crippen LogP contribution in [0.1, 0.15) is 0 Å². The number of allylic oxidation sites excluding steroid dienone is 10. The normalized spacial score (nSPS) is 14.4. The number of aliphatic hydroxyl groups is 4. The van der Waals surface area contributed by atoms with Crippen LogP contribution in [0.2, 0.25) is 0 Å². The van der Waals surface area contributed by atoms with Gasteiger partial charge in [-0.25, -0.2) is 0 Å². The van der Waals surface area contributed by atoms with E-state index < -0.39 is 11.9 Å². The summed E-state index contributed by atoms with van der Waals surface area (Å²) in [6, 6.07) is 0. The van der Waals surface area contributed by atoms with Crippen LogP contribution in [0.3, 0.4) is 0 Å². The van der Waals surface area contributed by atoms with E-state index in [2.05, 4.69) is 0 Å². The van der Waals surface area contributed by atoms with Gasteiger partial charge in [0, 0.05) is 16.8 Å². The smallest absolute Gasteiger partial charge is 0.281 e. The van der Waals surface area contributed by atoms with Gasteiger partial charge < -0.3 is 20.4 Å². The Balaban J connectivity index is 0.000000284. The van der Waals surface area contributed by atoms with Crippen LogP contribution < -0.4 is 0 Å². The molecule has 0 heterocycles. The van der Waals surface area contributed by atoms with Crippen LogP contribution in [0.15, 0.2) is 71.6 Å². The molecule has 0 amide bonds. The Hall–Kier alpha value is -1.85. The van der Waals surface area contributed by atoms with E-state index in [1.807, 2.05) is 0 Å². The third kappa shape index (κ3) is 5.14. The van der Waals surface area contributed by atoms with Gasteiger partial charge in [-0.2, -0.15) is 0 Å². The van der Waals surface area contributed by atoms with E-state index >= 15 is 0 Å². The van der Waals surface area contributed by atoms with Gasteiger partial charge in [0.05, 0.1) is 11.1 Å². The van der Waals surface area contributed by atoms with E-state index in [1.165, 1.54) is 0 Å². The summed E-state index contributed by atoms with van der Waals surface area (Å²) in [6.07, 6.45) is 13.4. The summed E-state index contributed by atoms with van der Waals surface area (Å²) < 4.78 is 0. The summed E-state index contributed by atoms with van der Waals surface area (Å²) in [7, 11) is 0. The van der Waals surface area contributed by atoms with Crippen molar-refractivity contribution in [2.75, 3.05) is 0 Å². The molecular formula is C12H12CoO4. The van der Waals surface area contributed by atoms with Crippen molar-refractivity contribution in [3.63, 3.8) is 0 Å². The summed E-state index contributed by atoms with van der Waals surface area (Å²) in [4.78, 5) is 0. The van der Waals surface area contributed by atoms with Gasteiger partial charge in [-0.1, -0.05) is 24.3 Å². The van der Waals surface area contributed by atoms with Crippen LogP contribution in [-0.4, -0.2) is 20.4 Å². The Kier molecular flexibility index (Phi) is 6.62. The first-order chi connectivity index (χ1) is 7.61. The van der Waals surface area contributed by atoms with E-state index in [9.17, 15) is 0 Å². The third-order valence-corrected chi connectivity index (χ3v) is 1.84. The first-order valence-electron chi connectivity index (χ1n) is 4.55. The Bertz CT molecular complexity index is 361. The van der Waals surface area contributed by atoms with Gasteiger partial charge >= 0.3 is 0 Å². The molecule has 0 unspecified atom stereocenters. The summed E-state index contributed by atoms with van der Waals surface area (Å²) >= 11 is 0. The topological polar surface area (TPSA) is 80.9 Å². The number of hydrogen-bond donors (Lipinski definition) is 4. The largest absolute Gasteiger partial charge is 0.481 e. The van der Waals surface area contributed by atoms with Crippen molar-refractivity contribution in [2.24, 2.45) is 0 Å². The second kappa shape index (κ2) is 7.42. The molecule has 0 aromatic heterocycles. The molecule has 0 bridgehead atoms. The molecule has 2 aliphatic rings. The predicted octanol–water partition coefficient (Wildman–Crippen LogP) is 2.88. The number of rotatable bonds is 0. The molecule has 0 aromatic carbocycles. The molecule has 0 aromatic rings. The van der Waals surface area contributed by atoms with E-state index in [1.54, 1.807) is 48.6 Å². The van der Waals surface area contributed by atoms with Gasteiger partial charge in [0.25, 0.3) is 11.9 Å². The van der Waals surface area contributed by atoms with Crippen molar-refractivity contribution in [1.29, 1.82) is 0 Å². The van der Waals surface area contributed by atoms with Gasteiger partial charge in [-0.15, -0.1) is 0 Å². The average molecular weight is 279 g/mol. The Morgan fingerprint density at radius 1 is 0.588 bits per heavy atom. The van der Waals surface area contributed by atoms with Crippen LogP contribution >= 0.6 is 0 Å². The van der Waals surface area contributed by atoms with Crippen molar-refractivity contribution < 1.29 is 37.2 Å². The summed E-state index contributed by atoms with van der Waals surface area (Å²) in [6.45, 7) is 0. The molecule has 2 rings (SSSR count). The van der Waals surface area contributed by atoms with Crippen LogP contribution in [0, 0.1) is 0 Å². The molecule has 1 radical (unpaired) electrons. The van der Waals surface area contributed by atoms with Crippen molar-refractivity contribution in [2.45, 2.75) is 0 Å². The molecule has 17 heavy (non-hydrogen) atoms. The van der Waals surface area contributed by atoms with Gasteiger partial charge in [-0.05, 0) is 24.3 Å². The first kappa shape index (κ1) is 15.1. The van der Waals surface area contributed by atoms with E-state index in [0.29, 0.717) is 11.1 Å². The third-order valence-electron chi connectivity index (χ3n) is 1.84. The maximum Gasteiger partial charge on any atom is 0.281 e. The van der Waals surface area contributed by atoms with Crippen molar-refractivity contribution in [1.82, 2.24) is 0 Å². The molecule has 4 N–H and O–H groups in total. The van der Waals surface area contributed by atoms with Crippen molar-refractivity contribution >= 4 is 0 Å². The van der Waals surface area contributed by atoms with Gasteiger partial charge in [0.15, 0.2) is 0 Å². The first-order valence-corrected chi connectivity index (χ1v) is 4.55. The zero-order valence-electron chi connectivity index (χ0n) is 8.74. The maximum absolute atomic E-state index is 8.38. The molecule has 0 aliphatic heterocycles. The molecule has 0 saturated heterocycles. The van der Waals surface area contributed by atoms with Crippen molar-refractivity contribution in [3.05, 3.63) is 71.6 Å². The molecule has 4 nitrogen and oxygen atoms in total. The second-order valence-corrected chi connectivity index (χ2v) is 2.99. The molecule has 93 valence electrons. The van der Waals surface area contributed by atoms with E-state index in [0.717, 1.165) is 0 Å². The molecule has 5 heteroatoms. The minimum absolute atomic E-state index is 0. The Morgan fingerprint density at radius 2 is 0.824 bits per heavy atom. The second-order valence-electron chi connectivity index (χ2n) is 2.99. The zero-order valence-corrected chi connectivity index (χ0v) is 9.78. The van der Waals surface area contributed by atoms with Crippen molar-refractivity contribution in [3.8, 4) is 0 Å². The monoisotopic (exact) mass is 279 g/mol. The molecule has 2 aliphatic carbocycles. The van der Waals surface area contributed by atoms with Gasteiger partial charge in [0.2, 0.25) is 0 Å².